The van der Waals surface area contributed by atoms with Crippen LogP contribution < -0.4 is 4.74 Å². The van der Waals surface area contributed by atoms with Crippen molar-refractivity contribution in [3.8, 4) is 11.5 Å². The van der Waals surface area contributed by atoms with Crippen LogP contribution in [0.2, 0.25) is 0 Å². The molecule has 1 aliphatic rings. The summed E-state index contributed by atoms with van der Waals surface area (Å²) in [6, 6.07) is 13.8. The molecule has 1 heterocycles. The summed E-state index contributed by atoms with van der Waals surface area (Å²) in [4.78, 5) is 0. The first-order chi connectivity index (χ1) is 9.28. The van der Waals surface area contributed by atoms with E-state index in [4.69, 9.17) is 4.74 Å². The molecule has 0 fully saturated rings. The zero-order chi connectivity index (χ0) is 13.2. The molecular weight excluding hydrogens is 236 g/mol. The molecule has 0 saturated carbocycles. The van der Waals surface area contributed by atoms with Crippen molar-refractivity contribution in [2.75, 3.05) is 0 Å². The first-order valence-electron chi connectivity index (χ1n) is 6.84. The van der Waals surface area contributed by atoms with Crippen LogP contribution in [0.15, 0.2) is 42.5 Å². The van der Waals surface area contributed by atoms with Crippen LogP contribution in [0.4, 0.5) is 0 Å². The van der Waals surface area contributed by atoms with Gasteiger partial charge in [0, 0.05) is 0 Å². The highest BCUT2D eigenvalue weighted by Crippen LogP contribution is 2.37. The summed E-state index contributed by atoms with van der Waals surface area (Å²) in [6.07, 6.45) is 3.08. The Hall–Kier alpha value is -1.96. The highest BCUT2D eigenvalue weighted by molar-refractivity contribution is 5.42. The molecule has 0 spiro atoms. The molecule has 1 atom stereocenters. The fourth-order valence-corrected chi connectivity index (χ4v) is 2.76. The largest absolute Gasteiger partial charge is 0.508 e. The number of phenolic OH excluding ortho intramolecular Hbond substituents is 1. The number of phenols is 1. The summed E-state index contributed by atoms with van der Waals surface area (Å²) in [6.45, 7) is 2.17. The van der Waals surface area contributed by atoms with Crippen LogP contribution in [0.1, 0.15) is 36.1 Å². The van der Waals surface area contributed by atoms with Crippen molar-refractivity contribution in [3.63, 3.8) is 0 Å². The van der Waals surface area contributed by atoms with Gasteiger partial charge in [0.2, 0.25) is 0 Å². The quantitative estimate of drug-likeness (QED) is 0.877. The number of hydrogen-bond acceptors (Lipinski definition) is 2. The lowest BCUT2D eigenvalue weighted by Gasteiger charge is -2.27. The first kappa shape index (κ1) is 12.1. The van der Waals surface area contributed by atoms with E-state index in [9.17, 15) is 5.11 Å². The molecule has 0 amide bonds. The summed E-state index contributed by atoms with van der Waals surface area (Å²) < 4.78 is 6.10. The normalized spacial score (nSPS) is 17.6. The second kappa shape index (κ2) is 4.96. The van der Waals surface area contributed by atoms with Gasteiger partial charge in [0.25, 0.3) is 0 Å². The fourth-order valence-electron chi connectivity index (χ4n) is 2.76. The maximum atomic E-state index is 9.50. The van der Waals surface area contributed by atoms with Crippen molar-refractivity contribution >= 4 is 0 Å². The molecule has 2 nitrogen and oxygen atoms in total. The summed E-state index contributed by atoms with van der Waals surface area (Å²) in [5, 5.41) is 9.50. The molecule has 98 valence electrons. The molecule has 0 aliphatic carbocycles. The molecule has 2 heteroatoms. The molecule has 0 radical (unpaired) electrons. The van der Waals surface area contributed by atoms with E-state index in [0.717, 1.165) is 30.6 Å². The first-order valence-corrected chi connectivity index (χ1v) is 6.84. The van der Waals surface area contributed by atoms with Gasteiger partial charge in [-0.25, -0.2) is 0 Å². The summed E-state index contributed by atoms with van der Waals surface area (Å²) in [5.41, 5.74) is 3.75. The van der Waals surface area contributed by atoms with E-state index in [1.807, 2.05) is 6.07 Å². The van der Waals surface area contributed by atoms with Crippen LogP contribution in [0.25, 0.3) is 0 Å². The minimum Gasteiger partial charge on any atom is -0.508 e. The Kier molecular flexibility index (Phi) is 3.16. The molecule has 2 aromatic rings. The van der Waals surface area contributed by atoms with Crippen molar-refractivity contribution in [2.45, 2.75) is 32.3 Å². The van der Waals surface area contributed by atoms with Gasteiger partial charge in [-0.1, -0.05) is 31.2 Å². The Morgan fingerprint density at radius 2 is 2.05 bits per heavy atom. The van der Waals surface area contributed by atoms with Gasteiger partial charge in [0.1, 0.15) is 17.6 Å². The predicted molar refractivity (Wildman–Crippen MR) is 75.6 cm³/mol. The molecule has 1 N–H and O–H groups in total. The van der Waals surface area contributed by atoms with Crippen molar-refractivity contribution in [3.05, 3.63) is 59.2 Å². The smallest absolute Gasteiger partial charge is 0.124 e. The number of rotatable bonds is 2. The van der Waals surface area contributed by atoms with E-state index in [-0.39, 0.29) is 6.10 Å². The number of aromatic hydroxyl groups is 1. The average molecular weight is 254 g/mol. The number of aryl methyl sites for hydroxylation is 2. The number of ether oxygens (including phenoxy) is 1. The highest BCUT2D eigenvalue weighted by atomic mass is 16.5. The molecular formula is C17H18O2. The summed E-state index contributed by atoms with van der Waals surface area (Å²) in [7, 11) is 0. The van der Waals surface area contributed by atoms with Gasteiger partial charge in [0.05, 0.1) is 0 Å². The number of benzene rings is 2. The Bertz CT molecular complexity index is 590. The lowest BCUT2D eigenvalue weighted by atomic mass is 9.93. The standard InChI is InChI=1S/C17H18O2/c1-2-12-5-3-4-6-15(12)17-9-7-13-11-14(18)8-10-16(13)19-17/h3-6,8,10-11,17-18H,2,7,9H2,1H3. The highest BCUT2D eigenvalue weighted by Gasteiger charge is 2.22. The lowest BCUT2D eigenvalue weighted by Crippen LogP contribution is -2.16. The number of fused-ring (bicyclic) bond motifs is 1. The predicted octanol–water partition coefficient (Wildman–Crippen LogP) is 4.02. The van der Waals surface area contributed by atoms with E-state index < -0.39 is 0 Å². The van der Waals surface area contributed by atoms with Gasteiger partial charge < -0.3 is 9.84 Å². The second-order valence-electron chi connectivity index (χ2n) is 4.99. The van der Waals surface area contributed by atoms with E-state index >= 15 is 0 Å². The minimum absolute atomic E-state index is 0.133. The molecule has 0 saturated heterocycles. The van der Waals surface area contributed by atoms with Crippen LogP contribution in [-0.4, -0.2) is 5.11 Å². The molecule has 1 unspecified atom stereocenters. The van der Waals surface area contributed by atoms with E-state index in [1.54, 1.807) is 12.1 Å². The van der Waals surface area contributed by atoms with E-state index in [1.165, 1.54) is 11.1 Å². The van der Waals surface area contributed by atoms with Crippen molar-refractivity contribution in [2.24, 2.45) is 0 Å². The van der Waals surface area contributed by atoms with E-state index in [0.29, 0.717) is 5.75 Å². The fraction of sp³-hybridized carbons (Fsp3) is 0.294. The monoisotopic (exact) mass is 254 g/mol. The topological polar surface area (TPSA) is 29.5 Å². The summed E-state index contributed by atoms with van der Waals surface area (Å²) >= 11 is 0. The van der Waals surface area contributed by atoms with Crippen LogP contribution in [0.3, 0.4) is 0 Å². The Morgan fingerprint density at radius 3 is 2.89 bits per heavy atom. The molecule has 0 bridgehead atoms. The SMILES string of the molecule is CCc1ccccc1C1CCc2cc(O)ccc2O1. The van der Waals surface area contributed by atoms with E-state index in [2.05, 4.69) is 31.2 Å². The molecule has 0 aromatic heterocycles. The summed E-state index contributed by atoms with van der Waals surface area (Å²) in [5.74, 6) is 1.22. The zero-order valence-corrected chi connectivity index (χ0v) is 11.1. The van der Waals surface area contributed by atoms with Crippen molar-refractivity contribution < 1.29 is 9.84 Å². The van der Waals surface area contributed by atoms with Gasteiger partial charge >= 0.3 is 0 Å². The average Bonchev–Trinajstić information content (AvgIpc) is 2.46. The van der Waals surface area contributed by atoms with Crippen molar-refractivity contribution in [1.29, 1.82) is 0 Å². The molecule has 1 aliphatic heterocycles. The maximum absolute atomic E-state index is 9.50. The third-order valence-corrected chi connectivity index (χ3v) is 3.77. The zero-order valence-electron chi connectivity index (χ0n) is 11.1. The van der Waals surface area contributed by atoms with Crippen LogP contribution in [0, 0.1) is 0 Å². The number of hydrogen-bond donors (Lipinski definition) is 1. The maximum Gasteiger partial charge on any atom is 0.124 e. The van der Waals surface area contributed by atoms with Crippen LogP contribution in [0.5, 0.6) is 11.5 Å². The molecule has 19 heavy (non-hydrogen) atoms. The third kappa shape index (κ3) is 2.30. The van der Waals surface area contributed by atoms with Gasteiger partial charge in [0.15, 0.2) is 0 Å². The van der Waals surface area contributed by atoms with Crippen molar-refractivity contribution in [1.82, 2.24) is 0 Å². The van der Waals surface area contributed by atoms with Crippen LogP contribution >= 0.6 is 0 Å². The van der Waals surface area contributed by atoms with Gasteiger partial charge in [-0.15, -0.1) is 0 Å². The Balaban J connectivity index is 1.91. The van der Waals surface area contributed by atoms with Crippen LogP contribution in [-0.2, 0) is 12.8 Å². The van der Waals surface area contributed by atoms with Gasteiger partial charge in [-0.2, -0.15) is 0 Å². The lowest BCUT2D eigenvalue weighted by molar-refractivity contribution is 0.175. The van der Waals surface area contributed by atoms with Gasteiger partial charge in [-0.05, 0) is 54.2 Å². The molecule has 3 rings (SSSR count). The third-order valence-electron chi connectivity index (χ3n) is 3.77. The minimum atomic E-state index is 0.133. The second-order valence-corrected chi connectivity index (χ2v) is 4.99. The Morgan fingerprint density at radius 1 is 1.21 bits per heavy atom. The Labute approximate surface area is 113 Å². The van der Waals surface area contributed by atoms with Gasteiger partial charge in [-0.3, -0.25) is 0 Å². The molecule has 2 aromatic carbocycles.